The molecule has 4 N–H and O–H groups in total. The van der Waals surface area contributed by atoms with E-state index in [0.29, 0.717) is 0 Å². The fraction of sp³-hybridized carbons (Fsp3) is 0.118. The summed E-state index contributed by atoms with van der Waals surface area (Å²) in [7, 11) is -4.13. The van der Waals surface area contributed by atoms with Crippen LogP contribution in [0.1, 0.15) is 15.9 Å². The van der Waals surface area contributed by atoms with E-state index in [2.05, 4.69) is 4.72 Å². The molecule has 0 spiro atoms. The Labute approximate surface area is 159 Å². The number of hydrogen-bond acceptors (Lipinski definition) is 6. The Kier molecular flexibility index (Phi) is 6.31. The van der Waals surface area contributed by atoms with Crippen molar-refractivity contribution in [1.82, 2.24) is 5.32 Å². The average Bonchev–Trinajstić information content (AvgIpc) is 2.59. The molecule has 2 rings (SSSR count). The molecule has 0 saturated carbocycles. The molecule has 0 fully saturated rings. The zero-order valence-electron chi connectivity index (χ0n) is 14.6. The van der Waals surface area contributed by atoms with E-state index in [0.717, 1.165) is 18.2 Å². The lowest BCUT2D eigenvalue weighted by molar-refractivity contribution is -0.123. The molecule has 0 aliphatic carbocycles. The first kappa shape index (κ1) is 20.8. The highest BCUT2D eigenvalue weighted by atomic mass is 32.2. The summed E-state index contributed by atoms with van der Waals surface area (Å²) in [5.41, 5.74) is 4.67. The van der Waals surface area contributed by atoms with E-state index < -0.39 is 40.4 Å². The lowest BCUT2D eigenvalue weighted by atomic mass is 10.2. The van der Waals surface area contributed by atoms with E-state index in [1.807, 2.05) is 0 Å². The molecule has 2 aromatic rings. The standard InChI is InChI=1S/C17H16FN3O6S/c1-10-8-11(18)6-7-14(10)28(25,26)21-13-5-3-2-4-12(13)16(23)27-9-15(22)20-17(19)24/h2-8,21H,9H2,1H3,(H3,19,20,22,24). The maximum Gasteiger partial charge on any atom is 0.340 e. The highest BCUT2D eigenvalue weighted by Gasteiger charge is 2.21. The van der Waals surface area contributed by atoms with Gasteiger partial charge in [0.15, 0.2) is 6.61 Å². The first-order valence-corrected chi connectivity index (χ1v) is 9.23. The molecule has 28 heavy (non-hydrogen) atoms. The molecule has 9 nitrogen and oxygen atoms in total. The lowest BCUT2D eigenvalue weighted by Crippen LogP contribution is -2.37. The Balaban J connectivity index is 2.22. The number of amides is 3. The summed E-state index contributed by atoms with van der Waals surface area (Å²) >= 11 is 0. The number of imide groups is 1. The van der Waals surface area contributed by atoms with Crippen LogP contribution < -0.4 is 15.8 Å². The van der Waals surface area contributed by atoms with Gasteiger partial charge in [-0.15, -0.1) is 0 Å². The van der Waals surface area contributed by atoms with Gasteiger partial charge in [0.05, 0.1) is 16.1 Å². The van der Waals surface area contributed by atoms with Gasteiger partial charge >= 0.3 is 12.0 Å². The maximum atomic E-state index is 13.2. The van der Waals surface area contributed by atoms with Crippen molar-refractivity contribution in [3.63, 3.8) is 0 Å². The van der Waals surface area contributed by atoms with Crippen molar-refractivity contribution in [2.75, 3.05) is 11.3 Å². The second kappa shape index (κ2) is 8.48. The molecular weight excluding hydrogens is 393 g/mol. The number of aryl methyl sites for hydroxylation is 1. The minimum atomic E-state index is -4.13. The largest absolute Gasteiger partial charge is 0.452 e. The van der Waals surface area contributed by atoms with Crippen molar-refractivity contribution in [1.29, 1.82) is 0 Å². The van der Waals surface area contributed by atoms with Crippen molar-refractivity contribution in [2.24, 2.45) is 5.73 Å². The molecule has 11 heteroatoms. The number of urea groups is 1. The monoisotopic (exact) mass is 409 g/mol. The Morgan fingerprint density at radius 2 is 1.82 bits per heavy atom. The molecule has 0 bridgehead atoms. The molecule has 3 amide bonds. The Hall–Kier alpha value is -3.47. The van der Waals surface area contributed by atoms with Crippen molar-refractivity contribution < 1.29 is 31.9 Å². The summed E-state index contributed by atoms with van der Waals surface area (Å²) in [6, 6.07) is 7.59. The first-order chi connectivity index (χ1) is 13.1. The third-order valence-electron chi connectivity index (χ3n) is 3.41. The van der Waals surface area contributed by atoms with Crippen LogP contribution in [0.2, 0.25) is 0 Å². The number of hydrogen-bond donors (Lipinski definition) is 3. The van der Waals surface area contributed by atoms with E-state index in [-0.39, 0.29) is 21.7 Å². The summed E-state index contributed by atoms with van der Waals surface area (Å²) in [4.78, 5) is 33.9. The highest BCUT2D eigenvalue weighted by molar-refractivity contribution is 7.92. The predicted molar refractivity (Wildman–Crippen MR) is 96.4 cm³/mol. The fourth-order valence-corrected chi connectivity index (χ4v) is 3.55. The van der Waals surface area contributed by atoms with Gasteiger partial charge in [0.2, 0.25) is 0 Å². The number of esters is 1. The first-order valence-electron chi connectivity index (χ1n) is 7.74. The van der Waals surface area contributed by atoms with Gasteiger partial charge in [-0.05, 0) is 42.8 Å². The average molecular weight is 409 g/mol. The summed E-state index contributed by atoms with van der Waals surface area (Å²) in [5.74, 6) is -2.54. The van der Waals surface area contributed by atoms with Crippen LogP contribution in [0, 0.1) is 12.7 Å². The van der Waals surface area contributed by atoms with Gasteiger partial charge in [-0.1, -0.05) is 12.1 Å². The molecule has 0 radical (unpaired) electrons. The van der Waals surface area contributed by atoms with Gasteiger partial charge in [0.1, 0.15) is 5.82 Å². The summed E-state index contributed by atoms with van der Waals surface area (Å²) in [5, 5.41) is 1.72. The SMILES string of the molecule is Cc1cc(F)ccc1S(=O)(=O)Nc1ccccc1C(=O)OCC(=O)NC(N)=O. The van der Waals surface area contributed by atoms with Crippen LogP contribution in [0.25, 0.3) is 0 Å². The number of nitrogens with two attached hydrogens (primary N) is 1. The molecule has 0 unspecified atom stereocenters. The second-order valence-corrected chi connectivity index (χ2v) is 7.20. The molecule has 0 atom stereocenters. The minimum Gasteiger partial charge on any atom is -0.452 e. The second-order valence-electron chi connectivity index (χ2n) is 5.55. The number of rotatable bonds is 6. The number of anilines is 1. The topological polar surface area (TPSA) is 145 Å². The third kappa shape index (κ3) is 5.27. The fourth-order valence-electron chi connectivity index (χ4n) is 2.25. The van der Waals surface area contributed by atoms with Gasteiger partial charge in [0, 0.05) is 0 Å². The van der Waals surface area contributed by atoms with Gasteiger partial charge in [-0.25, -0.2) is 22.4 Å². The highest BCUT2D eigenvalue weighted by Crippen LogP contribution is 2.23. The van der Waals surface area contributed by atoms with E-state index >= 15 is 0 Å². The van der Waals surface area contributed by atoms with Crippen LogP contribution in [-0.2, 0) is 19.6 Å². The van der Waals surface area contributed by atoms with Crippen LogP contribution in [0.15, 0.2) is 47.4 Å². The normalized spacial score (nSPS) is 10.8. The molecular formula is C17H16FN3O6S. The number of carbonyl (C=O) groups is 3. The Morgan fingerprint density at radius 3 is 2.46 bits per heavy atom. The number of nitrogens with one attached hydrogen (secondary N) is 2. The maximum absolute atomic E-state index is 13.2. The summed E-state index contributed by atoms with van der Waals surface area (Å²) < 4.78 is 45.4. The number of sulfonamides is 1. The molecule has 0 heterocycles. The van der Waals surface area contributed by atoms with Gasteiger partial charge < -0.3 is 10.5 Å². The molecule has 0 aliphatic rings. The van der Waals surface area contributed by atoms with E-state index in [4.69, 9.17) is 10.5 Å². The smallest absolute Gasteiger partial charge is 0.340 e. The minimum absolute atomic E-state index is 0.105. The zero-order valence-corrected chi connectivity index (χ0v) is 15.4. The van der Waals surface area contributed by atoms with Crippen molar-refractivity contribution in [2.45, 2.75) is 11.8 Å². The van der Waals surface area contributed by atoms with Crippen molar-refractivity contribution in [3.05, 3.63) is 59.4 Å². The van der Waals surface area contributed by atoms with E-state index in [1.165, 1.54) is 31.2 Å². The van der Waals surface area contributed by atoms with E-state index in [9.17, 15) is 27.2 Å². The predicted octanol–water partition coefficient (Wildman–Crippen LogP) is 1.29. The molecule has 148 valence electrons. The lowest BCUT2D eigenvalue weighted by Gasteiger charge is -2.13. The molecule has 0 aromatic heterocycles. The van der Waals surface area contributed by atoms with Gasteiger partial charge in [-0.2, -0.15) is 0 Å². The van der Waals surface area contributed by atoms with Crippen molar-refractivity contribution >= 4 is 33.6 Å². The number of ether oxygens (including phenoxy) is 1. The quantitative estimate of drug-likeness (QED) is 0.613. The van der Waals surface area contributed by atoms with Crippen LogP contribution in [0.3, 0.4) is 0 Å². The van der Waals surface area contributed by atoms with Gasteiger partial charge in [0.25, 0.3) is 15.9 Å². The summed E-state index contributed by atoms with van der Waals surface area (Å²) in [6.07, 6.45) is 0. The number of para-hydroxylation sites is 1. The number of halogens is 1. The van der Waals surface area contributed by atoms with Gasteiger partial charge in [-0.3, -0.25) is 14.8 Å². The van der Waals surface area contributed by atoms with Crippen LogP contribution >= 0.6 is 0 Å². The molecule has 0 saturated heterocycles. The molecule has 2 aromatic carbocycles. The van der Waals surface area contributed by atoms with Crippen LogP contribution in [0.4, 0.5) is 14.9 Å². The summed E-state index contributed by atoms with van der Waals surface area (Å²) in [6.45, 7) is 0.634. The van der Waals surface area contributed by atoms with Crippen LogP contribution in [-0.4, -0.2) is 32.9 Å². The van der Waals surface area contributed by atoms with Crippen molar-refractivity contribution in [3.8, 4) is 0 Å². The zero-order chi connectivity index (χ0) is 20.9. The number of carbonyl (C=O) groups excluding carboxylic acids is 3. The molecule has 0 aliphatic heterocycles. The third-order valence-corrected chi connectivity index (χ3v) is 4.94. The van der Waals surface area contributed by atoms with E-state index in [1.54, 1.807) is 5.32 Å². The Morgan fingerprint density at radius 1 is 1.14 bits per heavy atom. The Bertz CT molecular complexity index is 1040. The number of primary amides is 1. The number of benzene rings is 2. The van der Waals surface area contributed by atoms with Crippen LogP contribution in [0.5, 0.6) is 0 Å².